The van der Waals surface area contributed by atoms with Crippen molar-refractivity contribution >= 4 is 17.2 Å². The SMILES string of the molecule is O=C(c1cnc(C2CCC3(CC2)OCCO3)s1)N1CCCC1. The van der Waals surface area contributed by atoms with Crippen molar-refractivity contribution in [2.45, 2.75) is 50.2 Å². The zero-order valence-electron chi connectivity index (χ0n) is 12.8. The second kappa shape index (κ2) is 5.91. The summed E-state index contributed by atoms with van der Waals surface area (Å²) in [6, 6.07) is 0. The molecular weight excluding hydrogens is 300 g/mol. The number of carbonyl (C=O) groups excluding carboxylic acids is 1. The second-order valence-corrected chi connectivity index (χ2v) is 7.51. The van der Waals surface area contributed by atoms with E-state index in [-0.39, 0.29) is 11.7 Å². The molecule has 22 heavy (non-hydrogen) atoms. The van der Waals surface area contributed by atoms with Crippen molar-refractivity contribution in [3.63, 3.8) is 0 Å². The minimum Gasteiger partial charge on any atom is -0.348 e. The van der Waals surface area contributed by atoms with Crippen LogP contribution in [0, 0.1) is 0 Å². The standard InChI is InChI=1S/C16H22N2O3S/c19-15(18-7-1-2-8-18)13-11-17-14(22-13)12-3-5-16(6-4-12)20-9-10-21-16/h11-12H,1-10H2. The average Bonchev–Trinajstić information content (AvgIpc) is 3.30. The van der Waals surface area contributed by atoms with E-state index in [0.29, 0.717) is 5.92 Å². The van der Waals surface area contributed by atoms with Crippen LogP contribution in [0.3, 0.4) is 0 Å². The van der Waals surface area contributed by atoms with Gasteiger partial charge in [0.25, 0.3) is 5.91 Å². The summed E-state index contributed by atoms with van der Waals surface area (Å²) in [7, 11) is 0. The van der Waals surface area contributed by atoms with Crippen molar-refractivity contribution < 1.29 is 14.3 Å². The number of likely N-dealkylation sites (tertiary alicyclic amines) is 1. The van der Waals surface area contributed by atoms with Crippen molar-refractivity contribution in [1.29, 1.82) is 0 Å². The Labute approximate surface area is 134 Å². The largest absolute Gasteiger partial charge is 0.348 e. The number of amides is 1. The van der Waals surface area contributed by atoms with Gasteiger partial charge in [0.1, 0.15) is 4.88 Å². The van der Waals surface area contributed by atoms with Gasteiger partial charge < -0.3 is 14.4 Å². The lowest BCUT2D eigenvalue weighted by atomic mass is 9.85. The van der Waals surface area contributed by atoms with Crippen LogP contribution in [0.5, 0.6) is 0 Å². The topological polar surface area (TPSA) is 51.7 Å². The highest BCUT2D eigenvalue weighted by atomic mass is 32.1. The zero-order valence-corrected chi connectivity index (χ0v) is 13.6. The maximum Gasteiger partial charge on any atom is 0.265 e. The molecular formula is C16H22N2O3S. The number of hydrogen-bond acceptors (Lipinski definition) is 5. The van der Waals surface area contributed by atoms with Crippen LogP contribution in [0.4, 0.5) is 0 Å². The Morgan fingerprint density at radius 1 is 1.23 bits per heavy atom. The minimum absolute atomic E-state index is 0.163. The molecule has 2 aliphatic heterocycles. The van der Waals surface area contributed by atoms with E-state index in [0.717, 1.165) is 74.7 Å². The van der Waals surface area contributed by atoms with E-state index in [9.17, 15) is 4.79 Å². The van der Waals surface area contributed by atoms with E-state index in [2.05, 4.69) is 4.98 Å². The molecule has 1 aromatic heterocycles. The Balaban J connectivity index is 1.40. The maximum absolute atomic E-state index is 12.4. The van der Waals surface area contributed by atoms with Crippen LogP contribution < -0.4 is 0 Å². The smallest absolute Gasteiger partial charge is 0.265 e. The zero-order chi connectivity index (χ0) is 15.0. The second-order valence-electron chi connectivity index (χ2n) is 6.44. The van der Waals surface area contributed by atoms with Crippen LogP contribution in [0.2, 0.25) is 0 Å². The molecule has 0 N–H and O–H groups in total. The van der Waals surface area contributed by atoms with Gasteiger partial charge in [-0.05, 0) is 25.7 Å². The maximum atomic E-state index is 12.4. The number of thiazole rings is 1. The lowest BCUT2D eigenvalue weighted by Crippen LogP contribution is -2.34. The molecule has 1 spiro atoms. The number of aromatic nitrogens is 1. The summed E-state index contributed by atoms with van der Waals surface area (Å²) in [6.45, 7) is 3.23. The first-order valence-corrected chi connectivity index (χ1v) is 9.10. The van der Waals surface area contributed by atoms with Crippen molar-refractivity contribution in [2.24, 2.45) is 0 Å². The fourth-order valence-corrected chi connectivity index (χ4v) is 4.80. The van der Waals surface area contributed by atoms with Gasteiger partial charge in [0.2, 0.25) is 0 Å². The molecule has 5 nitrogen and oxygen atoms in total. The normalized spacial score (nSPS) is 25.2. The monoisotopic (exact) mass is 322 g/mol. The van der Waals surface area contributed by atoms with Crippen LogP contribution in [-0.4, -0.2) is 47.9 Å². The molecule has 0 aromatic carbocycles. The van der Waals surface area contributed by atoms with Gasteiger partial charge in [-0.1, -0.05) is 0 Å². The lowest BCUT2D eigenvalue weighted by molar-refractivity contribution is -0.178. The van der Waals surface area contributed by atoms with Crippen LogP contribution >= 0.6 is 11.3 Å². The lowest BCUT2D eigenvalue weighted by Gasteiger charge is -2.34. The number of carbonyl (C=O) groups is 1. The number of ether oxygens (including phenoxy) is 2. The van der Waals surface area contributed by atoms with E-state index in [1.165, 1.54) is 0 Å². The molecule has 0 unspecified atom stereocenters. The molecule has 6 heteroatoms. The van der Waals surface area contributed by atoms with Gasteiger partial charge in [0.05, 0.1) is 24.4 Å². The molecule has 1 aromatic rings. The van der Waals surface area contributed by atoms with Crippen LogP contribution in [0.1, 0.15) is 59.1 Å². The van der Waals surface area contributed by atoms with Gasteiger partial charge in [-0.25, -0.2) is 4.98 Å². The van der Waals surface area contributed by atoms with E-state index in [1.54, 1.807) is 17.5 Å². The van der Waals surface area contributed by atoms with Gasteiger partial charge in [-0.2, -0.15) is 0 Å². The Bertz CT molecular complexity index is 537. The van der Waals surface area contributed by atoms with Crippen molar-refractivity contribution in [3.05, 3.63) is 16.1 Å². The molecule has 0 radical (unpaired) electrons. The van der Waals surface area contributed by atoms with E-state index < -0.39 is 0 Å². The van der Waals surface area contributed by atoms with Crippen LogP contribution in [0.15, 0.2) is 6.20 Å². The van der Waals surface area contributed by atoms with E-state index >= 15 is 0 Å². The molecule has 1 amide bonds. The first-order valence-electron chi connectivity index (χ1n) is 8.29. The molecule has 3 fully saturated rings. The van der Waals surface area contributed by atoms with Crippen molar-refractivity contribution in [2.75, 3.05) is 26.3 Å². The highest BCUT2D eigenvalue weighted by Gasteiger charge is 2.41. The first kappa shape index (κ1) is 14.6. The summed E-state index contributed by atoms with van der Waals surface area (Å²) in [5.74, 6) is 0.293. The third-order valence-corrected chi connectivity index (χ3v) is 6.19. The van der Waals surface area contributed by atoms with Crippen LogP contribution in [0.25, 0.3) is 0 Å². The van der Waals surface area contributed by atoms with Gasteiger partial charge >= 0.3 is 0 Å². The number of rotatable bonds is 2. The highest BCUT2D eigenvalue weighted by Crippen LogP contribution is 2.43. The van der Waals surface area contributed by atoms with Gasteiger partial charge in [-0.3, -0.25) is 4.79 Å². The number of hydrogen-bond donors (Lipinski definition) is 0. The summed E-state index contributed by atoms with van der Waals surface area (Å²) in [5.41, 5.74) is 0. The molecule has 1 saturated carbocycles. The molecule has 120 valence electrons. The quantitative estimate of drug-likeness (QED) is 0.840. The summed E-state index contributed by atoms with van der Waals surface area (Å²) in [5, 5.41) is 1.11. The predicted molar refractivity (Wildman–Crippen MR) is 83.1 cm³/mol. The fraction of sp³-hybridized carbons (Fsp3) is 0.750. The fourth-order valence-electron chi connectivity index (χ4n) is 3.74. The molecule has 0 atom stereocenters. The van der Waals surface area contributed by atoms with Crippen molar-refractivity contribution in [1.82, 2.24) is 9.88 Å². The Morgan fingerprint density at radius 2 is 1.91 bits per heavy atom. The molecule has 3 aliphatic rings. The first-order chi connectivity index (χ1) is 10.8. The highest BCUT2D eigenvalue weighted by molar-refractivity contribution is 7.13. The third kappa shape index (κ3) is 2.68. The van der Waals surface area contributed by atoms with Crippen molar-refractivity contribution in [3.8, 4) is 0 Å². The molecule has 0 bridgehead atoms. The predicted octanol–water partition coefficient (Wildman–Crippen LogP) is 2.78. The molecule has 1 aliphatic carbocycles. The average molecular weight is 322 g/mol. The van der Waals surface area contributed by atoms with Gasteiger partial charge in [-0.15, -0.1) is 11.3 Å². The van der Waals surface area contributed by atoms with Crippen LogP contribution in [-0.2, 0) is 9.47 Å². The number of nitrogens with zero attached hydrogens (tertiary/aromatic N) is 2. The van der Waals surface area contributed by atoms with Gasteiger partial charge in [0.15, 0.2) is 5.79 Å². The Morgan fingerprint density at radius 3 is 2.59 bits per heavy atom. The minimum atomic E-state index is -0.318. The van der Waals surface area contributed by atoms with E-state index in [4.69, 9.17) is 9.47 Å². The summed E-state index contributed by atoms with van der Waals surface area (Å²) >= 11 is 1.58. The molecule has 2 saturated heterocycles. The molecule has 4 rings (SSSR count). The third-order valence-electron chi connectivity index (χ3n) is 5.04. The summed E-state index contributed by atoms with van der Waals surface area (Å²) in [6.07, 6.45) is 7.97. The summed E-state index contributed by atoms with van der Waals surface area (Å²) in [4.78, 5) is 19.7. The Kier molecular flexibility index (Phi) is 3.92. The Hall–Kier alpha value is -0.980. The summed E-state index contributed by atoms with van der Waals surface area (Å²) < 4.78 is 11.6. The molecule has 3 heterocycles. The van der Waals surface area contributed by atoms with Gasteiger partial charge in [0, 0.05) is 31.8 Å². The van der Waals surface area contributed by atoms with E-state index in [1.807, 2.05) is 4.90 Å².